The van der Waals surface area contributed by atoms with E-state index in [1.165, 1.54) is 154 Å². The van der Waals surface area contributed by atoms with E-state index in [9.17, 15) is 19.2 Å². The fourth-order valence-electron chi connectivity index (χ4n) is 9.36. The Balaban J connectivity index is 0. The maximum absolute atomic E-state index is 10.9. The molecule has 0 spiro atoms. The summed E-state index contributed by atoms with van der Waals surface area (Å²) >= 11 is 0. The molecule has 0 aromatic carbocycles. The zero-order chi connectivity index (χ0) is 56.7. The smallest absolute Gasteiger partial charge is 0.430 e. The number of cyclic esters (lactones) is 8. The van der Waals surface area contributed by atoms with Gasteiger partial charge in [0.05, 0.1) is 0 Å². The van der Waals surface area contributed by atoms with Crippen LogP contribution in [0.15, 0.2) is 134 Å². The van der Waals surface area contributed by atoms with E-state index >= 15 is 0 Å². The van der Waals surface area contributed by atoms with Crippen molar-refractivity contribution in [1.82, 2.24) is 0 Å². The highest BCUT2D eigenvalue weighted by Crippen LogP contribution is 2.20. The van der Waals surface area contributed by atoms with Crippen molar-refractivity contribution < 1.29 is 57.1 Å². The molecule has 4 fully saturated rings. The van der Waals surface area contributed by atoms with Gasteiger partial charge in [-0.3, -0.25) is 0 Å². The normalized spacial score (nSPS) is 18.7. The van der Waals surface area contributed by atoms with Crippen LogP contribution in [0.4, 0.5) is 19.2 Å². The van der Waals surface area contributed by atoms with Crippen LogP contribution in [-0.4, -0.2) is 75.5 Å². The topological polar surface area (TPSA) is 142 Å². The van der Waals surface area contributed by atoms with Crippen molar-refractivity contribution >= 4 is 24.6 Å². The van der Waals surface area contributed by atoms with Crippen molar-refractivity contribution in [3.05, 3.63) is 134 Å². The molecule has 0 aromatic heterocycles. The van der Waals surface area contributed by atoms with E-state index in [-0.39, 0.29) is 54.1 Å². The minimum absolute atomic E-state index is 0. The van der Waals surface area contributed by atoms with E-state index < -0.39 is 24.6 Å². The molecule has 0 aliphatic carbocycles. The van der Waals surface area contributed by atoms with Gasteiger partial charge in [0.25, 0.3) is 0 Å². The van der Waals surface area contributed by atoms with Crippen molar-refractivity contribution in [2.75, 3.05) is 26.4 Å². The molecule has 0 radical (unpaired) electrons. The van der Waals surface area contributed by atoms with Gasteiger partial charge in [0, 0.05) is 6.42 Å². The second-order valence-electron chi connectivity index (χ2n) is 21.1. The second kappa shape index (κ2) is 60.3. The molecule has 0 amide bonds. The molecule has 4 unspecified atom stereocenters. The zero-order valence-electron chi connectivity index (χ0n) is 48.8. The van der Waals surface area contributed by atoms with Gasteiger partial charge in [0.2, 0.25) is 0 Å². The Bertz CT molecular complexity index is 1880. The number of ether oxygens (including phenoxy) is 8. The molecular weight excluding hydrogens is 1060 g/mol. The van der Waals surface area contributed by atoms with Crippen molar-refractivity contribution in [2.45, 2.75) is 272 Å². The number of unbranched alkanes of at least 4 members (excludes halogenated alkanes) is 26. The Morgan fingerprint density at radius 3 is 0.786 bits per heavy atom. The molecule has 4 heterocycles. The molecule has 12 heteroatoms. The first-order valence-electron chi connectivity index (χ1n) is 31.1. The van der Waals surface area contributed by atoms with Crippen LogP contribution in [0.3, 0.4) is 0 Å². The SMILES string of the molecule is C.C.C.C.O=C1OCC(C/C=C/C=CC=CC=C/C=C/C=CC=CC=C/C=C/CC=CCCC=CCCC2COC(=O)O2)O1.O=C1OCC(CCCCCCCCCCCCCCCCCCCCCCCCCCCCC2COC(=O)O2)O1. The minimum atomic E-state index is -0.584. The highest BCUT2D eigenvalue weighted by atomic mass is 16.8. The van der Waals surface area contributed by atoms with Crippen LogP contribution in [0.2, 0.25) is 0 Å². The van der Waals surface area contributed by atoms with E-state index in [2.05, 4.69) is 30.4 Å². The molecule has 0 N–H and O–H groups in total. The number of allylic oxidation sites excluding steroid dienone is 21. The summed E-state index contributed by atoms with van der Waals surface area (Å²) in [5, 5.41) is 0. The van der Waals surface area contributed by atoms with Gasteiger partial charge >= 0.3 is 24.6 Å². The summed E-state index contributed by atoms with van der Waals surface area (Å²) in [6.07, 6.45) is 84.8. The van der Waals surface area contributed by atoms with E-state index in [1.54, 1.807) is 0 Å². The standard InChI is InChI=1S/C34H62O6.C34H40O6.4CH4/c2*35-33-37-29-31(39-33)27-25-23-21-19-17-15-13-11-9-7-5-3-1-2-4-6-8-10-12-14-16-18-20-22-24-26-28-32-30-38-34(36)40-32;;;;/h31-32H,1-30H2;1-11,13-17,19,21-25,31-32H,12,18,20,26-30H2;4*1H4/b;2-1?,5-3?,6-4?,9-7+,10-8+,13-11?,16-14?,17-15?,21-19?,24-22?,25-23+;;;;. The predicted octanol–water partition coefficient (Wildman–Crippen LogP) is 22.0. The molecule has 0 aromatic rings. The van der Waals surface area contributed by atoms with Gasteiger partial charge in [-0.05, 0) is 57.8 Å². The Hall–Kier alpha value is -5.78. The maximum Gasteiger partial charge on any atom is 0.508 e. The quantitative estimate of drug-likeness (QED) is 0.0188. The number of carbonyl (C=O) groups excluding carboxylic acids is 4. The monoisotopic (exact) mass is 1170 g/mol. The number of carbonyl (C=O) groups is 4. The van der Waals surface area contributed by atoms with Gasteiger partial charge < -0.3 is 37.9 Å². The molecule has 4 aliphatic heterocycles. The van der Waals surface area contributed by atoms with Gasteiger partial charge in [0.1, 0.15) is 50.8 Å². The van der Waals surface area contributed by atoms with Crippen LogP contribution in [0.25, 0.3) is 0 Å². The highest BCUT2D eigenvalue weighted by molar-refractivity contribution is 5.62. The first-order valence-corrected chi connectivity index (χ1v) is 31.1. The van der Waals surface area contributed by atoms with E-state index in [4.69, 9.17) is 37.9 Å². The van der Waals surface area contributed by atoms with Crippen molar-refractivity contribution in [3.63, 3.8) is 0 Å². The molecule has 4 aliphatic rings. The van der Waals surface area contributed by atoms with Crippen LogP contribution in [-0.2, 0) is 37.9 Å². The first-order chi connectivity index (χ1) is 39.5. The van der Waals surface area contributed by atoms with E-state index in [0.29, 0.717) is 32.8 Å². The van der Waals surface area contributed by atoms with Crippen molar-refractivity contribution in [1.29, 1.82) is 0 Å². The molecule has 4 rings (SSSR count). The average molecular weight is 1180 g/mol. The van der Waals surface area contributed by atoms with E-state index in [1.807, 2.05) is 103 Å². The molecule has 4 saturated heterocycles. The summed E-state index contributed by atoms with van der Waals surface area (Å²) in [5.74, 6) is 0. The Morgan fingerprint density at radius 2 is 0.488 bits per heavy atom. The van der Waals surface area contributed by atoms with Crippen LogP contribution < -0.4 is 0 Å². The molecule has 84 heavy (non-hydrogen) atoms. The molecule has 0 bridgehead atoms. The first kappa shape index (κ1) is 80.3. The molecule has 4 atom stereocenters. The van der Waals surface area contributed by atoms with Crippen molar-refractivity contribution in [2.24, 2.45) is 0 Å². The van der Waals surface area contributed by atoms with Gasteiger partial charge in [-0.15, -0.1) is 0 Å². The summed E-state index contributed by atoms with van der Waals surface area (Å²) in [6, 6.07) is 0. The Kier molecular flexibility index (Phi) is 57.7. The van der Waals surface area contributed by atoms with Crippen LogP contribution in [0, 0.1) is 0 Å². The number of rotatable bonds is 47. The second-order valence-corrected chi connectivity index (χ2v) is 21.1. The molecule has 12 nitrogen and oxygen atoms in total. The van der Waals surface area contributed by atoms with Crippen LogP contribution in [0.5, 0.6) is 0 Å². The lowest BCUT2D eigenvalue weighted by Crippen LogP contribution is -2.09. The predicted molar refractivity (Wildman–Crippen MR) is 349 cm³/mol. The lowest BCUT2D eigenvalue weighted by atomic mass is 10.0. The molecule has 478 valence electrons. The Labute approximate surface area is 512 Å². The molecule has 0 saturated carbocycles. The zero-order valence-corrected chi connectivity index (χ0v) is 48.8. The lowest BCUT2D eigenvalue weighted by Gasteiger charge is -2.06. The lowest BCUT2D eigenvalue weighted by molar-refractivity contribution is 0.114. The summed E-state index contributed by atoms with van der Waals surface area (Å²) in [7, 11) is 0. The summed E-state index contributed by atoms with van der Waals surface area (Å²) in [5.41, 5.74) is 0. The van der Waals surface area contributed by atoms with Gasteiger partial charge in [-0.2, -0.15) is 0 Å². The average Bonchev–Trinajstić information content (AvgIpc) is 4.35. The Morgan fingerprint density at radius 1 is 0.250 bits per heavy atom. The maximum atomic E-state index is 10.9. The van der Waals surface area contributed by atoms with Crippen LogP contribution in [0.1, 0.15) is 248 Å². The van der Waals surface area contributed by atoms with Gasteiger partial charge in [-0.1, -0.05) is 317 Å². The van der Waals surface area contributed by atoms with Gasteiger partial charge in [0.15, 0.2) is 0 Å². The third-order valence-corrected chi connectivity index (χ3v) is 14.0. The number of hydrogen-bond donors (Lipinski definition) is 0. The fraction of sp³-hybridized carbons (Fsp3) is 0.639. The minimum Gasteiger partial charge on any atom is -0.430 e. The largest absolute Gasteiger partial charge is 0.508 e. The third-order valence-electron chi connectivity index (χ3n) is 14.0. The summed E-state index contributed by atoms with van der Waals surface area (Å²) in [6.45, 7) is 1.60. The third kappa shape index (κ3) is 50.7. The highest BCUT2D eigenvalue weighted by Gasteiger charge is 2.26. The summed E-state index contributed by atoms with van der Waals surface area (Å²) < 4.78 is 39.2. The van der Waals surface area contributed by atoms with Crippen molar-refractivity contribution in [3.8, 4) is 0 Å². The van der Waals surface area contributed by atoms with Crippen LogP contribution >= 0.6 is 0 Å². The van der Waals surface area contributed by atoms with E-state index in [0.717, 1.165) is 57.8 Å². The van der Waals surface area contributed by atoms with Gasteiger partial charge in [-0.25, -0.2) is 19.2 Å². The molecular formula is C72H118O12. The fourth-order valence-corrected chi connectivity index (χ4v) is 9.36. The number of hydrogen-bond acceptors (Lipinski definition) is 12. The summed E-state index contributed by atoms with van der Waals surface area (Å²) in [4.78, 5) is 43.4.